The van der Waals surface area contributed by atoms with Crippen LogP contribution in [-0.2, 0) is 13.6 Å². The van der Waals surface area contributed by atoms with E-state index in [9.17, 15) is 4.79 Å². The standard InChI is InChI=1S/C22H19N7O/c1-27-14-17(12-25-27)16-5-6-19-7-8-21(28(19)15-16)29-11-9-20(26-29)22(30)24-13-18-4-2-3-10-23-18/h2-12,14-15H,13H2,1H3,(H,24,30). The Morgan fingerprint density at radius 3 is 2.73 bits per heavy atom. The van der Waals surface area contributed by atoms with Gasteiger partial charge in [-0.2, -0.15) is 10.2 Å². The SMILES string of the molecule is Cn1cc(-c2ccc3ccc(-n4ccc(C(=O)NCc5ccccn5)n4)n3c2)cn1. The number of nitrogens with one attached hydrogen (secondary N) is 1. The summed E-state index contributed by atoms with van der Waals surface area (Å²) >= 11 is 0. The Bertz CT molecular complexity index is 1330. The number of fused-ring (bicyclic) bond motifs is 1. The highest BCUT2D eigenvalue weighted by Gasteiger charge is 2.13. The fourth-order valence-electron chi connectivity index (χ4n) is 3.35. The highest BCUT2D eigenvalue weighted by atomic mass is 16.1. The molecule has 0 saturated carbocycles. The van der Waals surface area contributed by atoms with Crippen LogP contribution in [-0.4, -0.2) is 34.9 Å². The Balaban J connectivity index is 1.40. The highest BCUT2D eigenvalue weighted by Crippen LogP contribution is 2.22. The Morgan fingerprint density at radius 1 is 1.03 bits per heavy atom. The second kappa shape index (κ2) is 7.32. The van der Waals surface area contributed by atoms with E-state index in [0.29, 0.717) is 12.2 Å². The predicted molar refractivity (Wildman–Crippen MR) is 112 cm³/mol. The number of pyridine rings is 2. The molecule has 0 saturated heterocycles. The Hall–Kier alpha value is -4.20. The number of amides is 1. The van der Waals surface area contributed by atoms with Crippen molar-refractivity contribution < 1.29 is 4.79 Å². The molecule has 1 N–H and O–H groups in total. The molecule has 5 aromatic heterocycles. The van der Waals surface area contributed by atoms with Crippen LogP contribution >= 0.6 is 0 Å². The van der Waals surface area contributed by atoms with Gasteiger partial charge in [-0.05, 0) is 36.4 Å². The van der Waals surface area contributed by atoms with Crippen molar-refractivity contribution in [1.29, 1.82) is 0 Å². The van der Waals surface area contributed by atoms with E-state index in [1.807, 2.05) is 60.4 Å². The number of rotatable bonds is 5. The van der Waals surface area contributed by atoms with Crippen LogP contribution < -0.4 is 5.32 Å². The van der Waals surface area contributed by atoms with Crippen molar-refractivity contribution >= 4 is 11.4 Å². The molecule has 5 heterocycles. The van der Waals surface area contributed by atoms with E-state index >= 15 is 0 Å². The first kappa shape index (κ1) is 17.9. The molecule has 0 atom stereocenters. The highest BCUT2D eigenvalue weighted by molar-refractivity contribution is 5.92. The fourth-order valence-corrected chi connectivity index (χ4v) is 3.35. The van der Waals surface area contributed by atoms with Crippen LogP contribution in [0.4, 0.5) is 0 Å². The van der Waals surface area contributed by atoms with E-state index in [0.717, 1.165) is 28.2 Å². The maximum Gasteiger partial charge on any atom is 0.272 e. The second-order valence-electron chi connectivity index (χ2n) is 6.96. The molecule has 0 unspecified atom stereocenters. The lowest BCUT2D eigenvalue weighted by molar-refractivity contribution is 0.0945. The van der Waals surface area contributed by atoms with Gasteiger partial charge in [0.05, 0.1) is 18.4 Å². The van der Waals surface area contributed by atoms with E-state index < -0.39 is 0 Å². The van der Waals surface area contributed by atoms with E-state index in [-0.39, 0.29) is 5.91 Å². The molecule has 0 radical (unpaired) electrons. The molecule has 0 aliphatic carbocycles. The molecule has 0 aliphatic rings. The summed E-state index contributed by atoms with van der Waals surface area (Å²) in [5.74, 6) is 0.607. The van der Waals surface area contributed by atoms with Crippen LogP contribution in [0.2, 0.25) is 0 Å². The number of hydrogen-bond acceptors (Lipinski definition) is 4. The second-order valence-corrected chi connectivity index (χ2v) is 6.96. The van der Waals surface area contributed by atoms with Crippen LogP contribution in [0.15, 0.2) is 79.5 Å². The summed E-state index contributed by atoms with van der Waals surface area (Å²) in [5, 5.41) is 11.6. The Labute approximate surface area is 172 Å². The van der Waals surface area contributed by atoms with Crippen LogP contribution in [0.5, 0.6) is 0 Å². The molecule has 0 bridgehead atoms. The summed E-state index contributed by atoms with van der Waals surface area (Å²) in [6, 6.07) is 15.4. The largest absolute Gasteiger partial charge is 0.345 e. The first-order valence-corrected chi connectivity index (χ1v) is 9.52. The minimum Gasteiger partial charge on any atom is -0.345 e. The lowest BCUT2D eigenvalue weighted by Crippen LogP contribution is -2.23. The van der Waals surface area contributed by atoms with Gasteiger partial charge in [-0.15, -0.1) is 0 Å². The van der Waals surface area contributed by atoms with Crippen LogP contribution in [0, 0.1) is 0 Å². The van der Waals surface area contributed by atoms with E-state index in [1.165, 1.54) is 0 Å². The molecule has 8 heteroatoms. The van der Waals surface area contributed by atoms with Crippen molar-refractivity contribution in [3.63, 3.8) is 0 Å². The molecular weight excluding hydrogens is 378 g/mol. The topological polar surface area (TPSA) is 82.0 Å². The number of aromatic nitrogens is 6. The first-order chi connectivity index (χ1) is 14.7. The van der Waals surface area contributed by atoms with Crippen LogP contribution in [0.3, 0.4) is 0 Å². The number of nitrogens with zero attached hydrogens (tertiary/aromatic N) is 6. The van der Waals surface area contributed by atoms with Crippen LogP contribution in [0.1, 0.15) is 16.2 Å². The minimum atomic E-state index is -0.240. The zero-order chi connectivity index (χ0) is 20.5. The molecule has 8 nitrogen and oxygen atoms in total. The average molecular weight is 397 g/mol. The van der Waals surface area contributed by atoms with Gasteiger partial charge in [0, 0.05) is 48.5 Å². The number of carbonyl (C=O) groups is 1. The predicted octanol–water partition coefficient (Wildman–Crippen LogP) is 2.85. The van der Waals surface area contributed by atoms with Crippen molar-refractivity contribution in [2.24, 2.45) is 7.05 Å². The Morgan fingerprint density at radius 2 is 1.93 bits per heavy atom. The van der Waals surface area contributed by atoms with Crippen molar-refractivity contribution in [1.82, 2.24) is 34.3 Å². The number of hydrogen-bond donors (Lipinski definition) is 1. The lowest BCUT2D eigenvalue weighted by Gasteiger charge is -2.06. The number of carbonyl (C=O) groups excluding carboxylic acids is 1. The molecular formula is C22H19N7O. The van der Waals surface area contributed by atoms with Crippen molar-refractivity contribution in [2.75, 3.05) is 0 Å². The van der Waals surface area contributed by atoms with Gasteiger partial charge in [-0.1, -0.05) is 12.1 Å². The first-order valence-electron chi connectivity index (χ1n) is 9.52. The van der Waals surface area contributed by atoms with Crippen molar-refractivity contribution in [3.05, 3.63) is 90.9 Å². The van der Waals surface area contributed by atoms with Crippen LogP contribution in [0.25, 0.3) is 22.5 Å². The third-order valence-electron chi connectivity index (χ3n) is 4.88. The van der Waals surface area contributed by atoms with Gasteiger partial charge in [0.2, 0.25) is 0 Å². The lowest BCUT2D eigenvalue weighted by atomic mass is 10.1. The molecule has 0 aromatic carbocycles. The summed E-state index contributed by atoms with van der Waals surface area (Å²) in [4.78, 5) is 16.7. The van der Waals surface area contributed by atoms with Crippen molar-refractivity contribution in [2.45, 2.75) is 6.54 Å². The van der Waals surface area contributed by atoms with Gasteiger partial charge in [-0.3, -0.25) is 14.5 Å². The zero-order valence-corrected chi connectivity index (χ0v) is 16.3. The molecule has 5 rings (SSSR count). The molecule has 1 amide bonds. The monoisotopic (exact) mass is 397 g/mol. The van der Waals surface area contributed by atoms with Crippen molar-refractivity contribution in [3.8, 4) is 16.9 Å². The summed E-state index contributed by atoms with van der Waals surface area (Å²) < 4.78 is 5.53. The van der Waals surface area contributed by atoms with Gasteiger partial charge in [0.25, 0.3) is 5.91 Å². The van der Waals surface area contributed by atoms with Gasteiger partial charge >= 0.3 is 0 Å². The van der Waals surface area contributed by atoms with Gasteiger partial charge in [0.15, 0.2) is 5.69 Å². The van der Waals surface area contributed by atoms with Gasteiger partial charge in [-0.25, -0.2) is 4.68 Å². The van der Waals surface area contributed by atoms with Gasteiger partial charge in [0.1, 0.15) is 5.82 Å². The normalized spacial score (nSPS) is 11.1. The summed E-state index contributed by atoms with van der Waals surface area (Å²) in [6.07, 6.45) is 9.34. The molecule has 30 heavy (non-hydrogen) atoms. The van der Waals surface area contributed by atoms with E-state index in [1.54, 1.807) is 27.8 Å². The molecule has 148 valence electrons. The maximum absolute atomic E-state index is 12.5. The molecule has 0 spiro atoms. The smallest absolute Gasteiger partial charge is 0.272 e. The maximum atomic E-state index is 12.5. The minimum absolute atomic E-state index is 0.240. The molecule has 0 aliphatic heterocycles. The third kappa shape index (κ3) is 3.35. The summed E-state index contributed by atoms with van der Waals surface area (Å²) in [5.41, 5.74) is 4.27. The average Bonchev–Trinajstić information content (AvgIpc) is 3.51. The number of aryl methyl sites for hydroxylation is 1. The zero-order valence-electron chi connectivity index (χ0n) is 16.3. The Kier molecular flexibility index (Phi) is 4.36. The van der Waals surface area contributed by atoms with Gasteiger partial charge < -0.3 is 9.72 Å². The fraction of sp³-hybridized carbons (Fsp3) is 0.0909. The molecule has 0 fully saturated rings. The van der Waals surface area contributed by atoms with E-state index in [2.05, 4.69) is 32.6 Å². The quantitative estimate of drug-likeness (QED) is 0.494. The summed E-state index contributed by atoms with van der Waals surface area (Å²) in [6.45, 7) is 0.356. The summed E-state index contributed by atoms with van der Waals surface area (Å²) in [7, 11) is 1.90. The molecule has 5 aromatic rings. The van der Waals surface area contributed by atoms with E-state index in [4.69, 9.17) is 0 Å². The third-order valence-corrected chi connectivity index (χ3v) is 4.88.